The summed E-state index contributed by atoms with van der Waals surface area (Å²) in [6, 6.07) is 10.7. The zero-order valence-corrected chi connectivity index (χ0v) is 16.0. The van der Waals surface area contributed by atoms with Crippen molar-refractivity contribution in [3.63, 3.8) is 0 Å². The van der Waals surface area contributed by atoms with Crippen molar-refractivity contribution >= 4 is 0 Å². The molecule has 4 aliphatic rings. The summed E-state index contributed by atoms with van der Waals surface area (Å²) < 4.78 is 2.30. The Morgan fingerprint density at radius 1 is 1.08 bits per heavy atom. The number of imidazole rings is 1. The minimum absolute atomic E-state index is 0.633. The van der Waals surface area contributed by atoms with Gasteiger partial charge in [0.25, 0.3) is 0 Å². The fourth-order valence-corrected chi connectivity index (χ4v) is 5.79. The fraction of sp³-hybridized carbons (Fsp3) is 0.591. The fourth-order valence-electron chi connectivity index (χ4n) is 5.79. The summed E-state index contributed by atoms with van der Waals surface area (Å²) in [5.74, 6) is 2.73. The molecule has 0 amide bonds. The Kier molecular flexibility index (Phi) is 4.13. The Hall–Kier alpha value is -1.65. The number of aromatic nitrogens is 2. The molecule has 4 nitrogen and oxygen atoms in total. The zero-order chi connectivity index (χ0) is 17.7. The molecule has 0 unspecified atom stereocenters. The van der Waals surface area contributed by atoms with Gasteiger partial charge >= 0.3 is 0 Å². The summed E-state index contributed by atoms with van der Waals surface area (Å²) in [6.45, 7) is 10.2. The van der Waals surface area contributed by atoms with Crippen molar-refractivity contribution in [1.82, 2.24) is 19.4 Å². The number of rotatable bonds is 4. The van der Waals surface area contributed by atoms with E-state index in [2.05, 4.69) is 63.7 Å². The van der Waals surface area contributed by atoms with Crippen molar-refractivity contribution in [3.05, 3.63) is 53.6 Å². The highest BCUT2D eigenvalue weighted by atomic mass is 15.3. The van der Waals surface area contributed by atoms with Crippen molar-refractivity contribution in [1.29, 1.82) is 0 Å². The highest BCUT2D eigenvalue weighted by Gasteiger charge is 2.53. The quantitative estimate of drug-likeness (QED) is 0.846. The lowest BCUT2D eigenvalue weighted by Crippen LogP contribution is -2.60. The van der Waals surface area contributed by atoms with Crippen LogP contribution in [-0.4, -0.2) is 51.1 Å². The second kappa shape index (κ2) is 6.50. The molecule has 0 aliphatic carbocycles. The van der Waals surface area contributed by atoms with E-state index in [1.54, 1.807) is 0 Å². The molecule has 1 aromatic carbocycles. The van der Waals surface area contributed by atoms with Gasteiger partial charge in [-0.15, -0.1) is 0 Å². The normalized spacial score (nSPS) is 33.5. The van der Waals surface area contributed by atoms with Gasteiger partial charge in [-0.05, 0) is 51.3 Å². The molecule has 2 bridgehead atoms. The third kappa shape index (κ3) is 2.62. The predicted octanol–water partition coefficient (Wildman–Crippen LogP) is 3.27. The number of benzene rings is 1. The Bertz CT molecular complexity index is 757. The van der Waals surface area contributed by atoms with Crippen molar-refractivity contribution in [2.24, 2.45) is 5.92 Å². The molecule has 138 valence electrons. The van der Waals surface area contributed by atoms with Gasteiger partial charge < -0.3 is 4.57 Å². The third-order valence-electron chi connectivity index (χ3n) is 7.09. The van der Waals surface area contributed by atoms with E-state index in [0.717, 1.165) is 19.0 Å². The first-order valence-electron chi connectivity index (χ1n) is 10.3. The Balaban J connectivity index is 1.47. The standard InChI is InChI=1S/C22H30N4/c1-3-24-13-10-23-20(24)15-26-14-19(17-6-4-16(2)5-7-17)22-21(26)18-8-11-25(22)12-9-18/h4-7,10,13,18-19,21-22H,3,8-9,11-12,14-15H2,1-2H3/t19-,21-,22-/m1/s1. The maximum absolute atomic E-state index is 4.67. The smallest absolute Gasteiger partial charge is 0.122 e. The maximum Gasteiger partial charge on any atom is 0.122 e. The first kappa shape index (κ1) is 16.5. The summed E-state index contributed by atoms with van der Waals surface area (Å²) in [7, 11) is 0. The molecule has 3 atom stereocenters. The summed E-state index contributed by atoms with van der Waals surface area (Å²) in [4.78, 5) is 10.2. The van der Waals surface area contributed by atoms with E-state index >= 15 is 0 Å². The van der Waals surface area contributed by atoms with E-state index in [1.807, 2.05) is 6.20 Å². The molecule has 0 saturated carbocycles. The molecule has 0 N–H and O–H groups in total. The molecule has 4 fully saturated rings. The Labute approximate surface area is 156 Å². The summed E-state index contributed by atoms with van der Waals surface area (Å²) in [5, 5.41) is 0. The van der Waals surface area contributed by atoms with Gasteiger partial charge in [-0.3, -0.25) is 9.80 Å². The van der Waals surface area contributed by atoms with E-state index in [9.17, 15) is 0 Å². The maximum atomic E-state index is 4.67. The van der Waals surface area contributed by atoms with E-state index < -0.39 is 0 Å². The second-order valence-electron chi connectivity index (χ2n) is 8.43. The first-order valence-corrected chi connectivity index (χ1v) is 10.3. The molecule has 26 heavy (non-hydrogen) atoms. The van der Waals surface area contributed by atoms with E-state index in [-0.39, 0.29) is 0 Å². The second-order valence-corrected chi connectivity index (χ2v) is 8.43. The van der Waals surface area contributed by atoms with Gasteiger partial charge in [0.1, 0.15) is 5.82 Å². The summed E-state index contributed by atoms with van der Waals surface area (Å²) in [5.41, 5.74) is 2.88. The predicted molar refractivity (Wildman–Crippen MR) is 104 cm³/mol. The SMILES string of the molecule is CCn1ccnc1CN1C[C@H](c2ccc(C)cc2)[C@@H]2[C@H]1C1CCN2CC1. The van der Waals surface area contributed by atoms with Crippen LogP contribution in [0.15, 0.2) is 36.7 Å². The highest BCUT2D eigenvalue weighted by Crippen LogP contribution is 2.46. The van der Waals surface area contributed by atoms with Crippen molar-refractivity contribution in [2.45, 2.75) is 57.8 Å². The van der Waals surface area contributed by atoms with Crippen LogP contribution in [0.3, 0.4) is 0 Å². The largest absolute Gasteiger partial charge is 0.334 e. The molecular formula is C22H30N4. The molecule has 2 aromatic rings. The molecular weight excluding hydrogens is 320 g/mol. The Morgan fingerprint density at radius 3 is 2.58 bits per heavy atom. The average Bonchev–Trinajstić information content (AvgIpc) is 3.29. The molecule has 5 heterocycles. The number of hydrogen-bond acceptors (Lipinski definition) is 3. The minimum atomic E-state index is 0.633. The topological polar surface area (TPSA) is 24.3 Å². The average molecular weight is 351 g/mol. The summed E-state index contributed by atoms with van der Waals surface area (Å²) >= 11 is 0. The number of aryl methyl sites for hydroxylation is 2. The first-order chi connectivity index (χ1) is 12.7. The lowest BCUT2D eigenvalue weighted by molar-refractivity contribution is -0.00951. The lowest BCUT2D eigenvalue weighted by atomic mass is 9.75. The number of nitrogens with zero attached hydrogens (tertiary/aromatic N) is 4. The van der Waals surface area contributed by atoms with Gasteiger partial charge in [-0.2, -0.15) is 0 Å². The number of piperidine rings is 3. The van der Waals surface area contributed by atoms with E-state index in [4.69, 9.17) is 0 Å². The molecule has 4 aliphatic heterocycles. The van der Waals surface area contributed by atoms with Crippen molar-refractivity contribution in [2.75, 3.05) is 19.6 Å². The molecule has 0 spiro atoms. The minimum Gasteiger partial charge on any atom is -0.334 e. The van der Waals surface area contributed by atoms with Crippen LogP contribution in [0.1, 0.15) is 42.6 Å². The number of likely N-dealkylation sites (tertiary alicyclic amines) is 1. The van der Waals surface area contributed by atoms with Crippen LogP contribution in [0, 0.1) is 12.8 Å². The van der Waals surface area contributed by atoms with Crippen LogP contribution in [0.4, 0.5) is 0 Å². The van der Waals surface area contributed by atoms with Crippen LogP contribution >= 0.6 is 0 Å². The number of hydrogen-bond donors (Lipinski definition) is 0. The highest BCUT2D eigenvalue weighted by molar-refractivity contribution is 5.29. The molecule has 6 rings (SSSR count). The van der Waals surface area contributed by atoms with Crippen LogP contribution in [-0.2, 0) is 13.1 Å². The summed E-state index contributed by atoms with van der Waals surface area (Å²) in [6.07, 6.45) is 6.83. The lowest BCUT2D eigenvalue weighted by Gasteiger charge is -2.51. The van der Waals surface area contributed by atoms with E-state index in [0.29, 0.717) is 18.0 Å². The van der Waals surface area contributed by atoms with Crippen LogP contribution in [0.25, 0.3) is 0 Å². The molecule has 1 aromatic heterocycles. The van der Waals surface area contributed by atoms with Gasteiger partial charge in [0, 0.05) is 43.5 Å². The van der Waals surface area contributed by atoms with Crippen molar-refractivity contribution in [3.8, 4) is 0 Å². The van der Waals surface area contributed by atoms with Crippen LogP contribution < -0.4 is 0 Å². The molecule has 4 saturated heterocycles. The van der Waals surface area contributed by atoms with Gasteiger partial charge in [0.2, 0.25) is 0 Å². The van der Waals surface area contributed by atoms with Gasteiger partial charge in [-0.25, -0.2) is 4.98 Å². The van der Waals surface area contributed by atoms with Crippen LogP contribution in [0.2, 0.25) is 0 Å². The van der Waals surface area contributed by atoms with E-state index in [1.165, 1.54) is 49.4 Å². The Morgan fingerprint density at radius 2 is 1.85 bits per heavy atom. The third-order valence-corrected chi connectivity index (χ3v) is 7.09. The van der Waals surface area contributed by atoms with Gasteiger partial charge in [0.05, 0.1) is 6.54 Å². The van der Waals surface area contributed by atoms with Crippen LogP contribution in [0.5, 0.6) is 0 Å². The number of fused-ring (bicyclic) bond motifs is 2. The van der Waals surface area contributed by atoms with Gasteiger partial charge in [0.15, 0.2) is 0 Å². The van der Waals surface area contributed by atoms with Gasteiger partial charge in [-0.1, -0.05) is 29.8 Å². The molecule has 0 radical (unpaired) electrons. The zero-order valence-electron chi connectivity index (χ0n) is 16.0. The van der Waals surface area contributed by atoms with Crippen molar-refractivity contribution < 1.29 is 0 Å². The molecule has 4 heteroatoms. The monoisotopic (exact) mass is 350 g/mol.